The van der Waals surface area contributed by atoms with Gasteiger partial charge in [-0.2, -0.15) is 0 Å². The summed E-state index contributed by atoms with van der Waals surface area (Å²) in [6.07, 6.45) is 0. The maximum atomic E-state index is 5.23. The summed E-state index contributed by atoms with van der Waals surface area (Å²) in [6.45, 7) is 0. The second kappa shape index (κ2) is 10.6. The predicted octanol–water partition coefficient (Wildman–Crippen LogP) is 10.2. The van der Waals surface area contributed by atoms with Crippen molar-refractivity contribution < 1.29 is 0 Å². The Kier molecular flexibility index (Phi) is 6.15. The molecule has 0 saturated heterocycles. The minimum atomic E-state index is 0.155. The van der Waals surface area contributed by atoms with Crippen LogP contribution in [0.1, 0.15) is 0 Å². The summed E-state index contributed by atoms with van der Waals surface area (Å²) < 4.78 is 2.80. The Morgan fingerprint density at radius 3 is 1.78 bits per heavy atom. The van der Waals surface area contributed by atoms with Gasteiger partial charge in [0.15, 0.2) is 0 Å². The Labute approximate surface area is 266 Å². The van der Waals surface area contributed by atoms with Crippen molar-refractivity contribution in [3.05, 3.63) is 152 Å². The molecule has 0 aliphatic carbocycles. The van der Waals surface area contributed by atoms with Crippen molar-refractivity contribution in [2.75, 3.05) is 0 Å². The van der Waals surface area contributed by atoms with Crippen LogP contribution in [-0.4, -0.2) is 29.5 Å². The third-order valence-electron chi connectivity index (χ3n) is 8.53. The molecule has 0 radical (unpaired) electrons. The monoisotopic (exact) mass is 639 g/mol. The molecule has 9 rings (SSSR count). The molecule has 0 aliphatic heterocycles. The van der Waals surface area contributed by atoms with Crippen molar-refractivity contribution in [1.82, 2.24) is 15.0 Å². The zero-order chi connectivity index (χ0) is 29.7. The van der Waals surface area contributed by atoms with Gasteiger partial charge < -0.3 is 0 Å². The Morgan fingerprint density at radius 1 is 0.356 bits per heavy atom. The Bertz CT molecular complexity index is 2540. The fourth-order valence-electron chi connectivity index (χ4n) is 6.44. The topological polar surface area (TPSA) is 38.7 Å². The van der Waals surface area contributed by atoms with Crippen LogP contribution < -0.4 is 0 Å². The summed E-state index contributed by atoms with van der Waals surface area (Å²) in [5, 5.41) is 7.78. The van der Waals surface area contributed by atoms with Crippen molar-refractivity contribution in [1.29, 1.82) is 0 Å². The van der Waals surface area contributed by atoms with Crippen LogP contribution in [0.5, 0.6) is 0 Å². The standard InChI is InChI=1S/C41H25N3Se/c1-3-12-26(13-4-1)30-17-9-10-19-32(30)40-42-39(29-15-5-2-6-16-29)43-41(44-40)34-20-11-21-35-37(34)33-25-24-28-23-22-27-14-7-8-18-31(27)36(28)38(33)45-35/h1-25H. The van der Waals surface area contributed by atoms with Crippen molar-refractivity contribution in [3.8, 4) is 45.3 Å². The predicted molar refractivity (Wildman–Crippen MR) is 189 cm³/mol. The maximum absolute atomic E-state index is 5.23. The van der Waals surface area contributed by atoms with Gasteiger partial charge >= 0.3 is 267 Å². The average molecular weight is 639 g/mol. The van der Waals surface area contributed by atoms with Gasteiger partial charge in [-0.05, 0) is 0 Å². The zero-order valence-electron chi connectivity index (χ0n) is 24.2. The van der Waals surface area contributed by atoms with E-state index in [1.165, 1.54) is 40.8 Å². The molecule has 0 saturated carbocycles. The Hall–Kier alpha value is -5.41. The van der Waals surface area contributed by atoms with Gasteiger partial charge in [0.2, 0.25) is 0 Å². The molecular weight excluding hydrogens is 613 g/mol. The van der Waals surface area contributed by atoms with Crippen LogP contribution in [0.4, 0.5) is 0 Å². The molecule has 2 heterocycles. The van der Waals surface area contributed by atoms with Gasteiger partial charge in [-0.15, -0.1) is 0 Å². The Balaban J connectivity index is 1.34. The molecule has 0 unspecified atom stereocenters. The second-order valence-corrected chi connectivity index (χ2v) is 13.4. The molecule has 0 aliphatic rings. The fourth-order valence-corrected chi connectivity index (χ4v) is 9.16. The molecule has 0 fully saturated rings. The van der Waals surface area contributed by atoms with Gasteiger partial charge in [0.25, 0.3) is 0 Å². The normalized spacial score (nSPS) is 11.6. The molecule has 9 aromatic rings. The van der Waals surface area contributed by atoms with Crippen LogP contribution in [-0.2, 0) is 0 Å². The van der Waals surface area contributed by atoms with Crippen LogP contribution in [0.3, 0.4) is 0 Å². The summed E-state index contributed by atoms with van der Waals surface area (Å²) in [5.74, 6) is 2.04. The summed E-state index contributed by atoms with van der Waals surface area (Å²) in [7, 11) is 0. The van der Waals surface area contributed by atoms with Crippen molar-refractivity contribution in [3.63, 3.8) is 0 Å². The van der Waals surface area contributed by atoms with Gasteiger partial charge in [-0.1, -0.05) is 0 Å². The van der Waals surface area contributed by atoms with E-state index < -0.39 is 0 Å². The van der Waals surface area contributed by atoms with E-state index >= 15 is 0 Å². The van der Waals surface area contributed by atoms with E-state index in [0.717, 1.165) is 27.8 Å². The van der Waals surface area contributed by atoms with Crippen molar-refractivity contribution in [2.45, 2.75) is 0 Å². The molecule has 4 heteroatoms. The van der Waals surface area contributed by atoms with Crippen molar-refractivity contribution in [2.24, 2.45) is 0 Å². The molecular formula is C41H25N3Se. The first-order valence-electron chi connectivity index (χ1n) is 15.0. The SMILES string of the molecule is c1ccc(-c2nc(-c3ccccc3-c3ccccc3)nc(-c3cccc4[se]c5c(ccc6ccc7ccccc7c65)c34)n2)cc1. The fraction of sp³-hybridized carbons (Fsp3) is 0. The van der Waals surface area contributed by atoms with E-state index in [4.69, 9.17) is 15.0 Å². The van der Waals surface area contributed by atoms with Crippen LogP contribution in [0.25, 0.3) is 86.1 Å². The summed E-state index contributed by atoms with van der Waals surface area (Å²) in [5.41, 5.74) is 5.23. The Morgan fingerprint density at radius 2 is 0.956 bits per heavy atom. The third kappa shape index (κ3) is 4.38. The first-order chi connectivity index (χ1) is 22.3. The van der Waals surface area contributed by atoms with E-state index in [9.17, 15) is 0 Å². The number of fused-ring (bicyclic) bond motifs is 7. The zero-order valence-corrected chi connectivity index (χ0v) is 25.9. The molecule has 0 spiro atoms. The van der Waals surface area contributed by atoms with Gasteiger partial charge in [0, 0.05) is 0 Å². The van der Waals surface area contributed by atoms with E-state index in [-0.39, 0.29) is 14.5 Å². The third-order valence-corrected chi connectivity index (χ3v) is 11.0. The molecule has 7 aromatic carbocycles. The first kappa shape index (κ1) is 26.0. The molecule has 0 N–H and O–H groups in total. The molecule has 0 atom stereocenters. The van der Waals surface area contributed by atoms with Gasteiger partial charge in [0.1, 0.15) is 0 Å². The quantitative estimate of drug-likeness (QED) is 0.142. The van der Waals surface area contributed by atoms with E-state index in [1.807, 2.05) is 24.3 Å². The van der Waals surface area contributed by atoms with Crippen LogP contribution in [0, 0.1) is 0 Å². The number of hydrogen-bond donors (Lipinski definition) is 0. The van der Waals surface area contributed by atoms with E-state index in [2.05, 4.69) is 127 Å². The van der Waals surface area contributed by atoms with Gasteiger partial charge in [-0.3, -0.25) is 0 Å². The number of nitrogens with zero attached hydrogens (tertiary/aromatic N) is 3. The second-order valence-electron chi connectivity index (χ2n) is 11.2. The molecule has 3 nitrogen and oxygen atoms in total. The number of benzene rings is 7. The molecule has 0 bridgehead atoms. The van der Waals surface area contributed by atoms with Gasteiger partial charge in [0.05, 0.1) is 0 Å². The average Bonchev–Trinajstić information content (AvgIpc) is 3.51. The summed E-state index contributed by atoms with van der Waals surface area (Å²) >= 11 is 0.155. The van der Waals surface area contributed by atoms with Crippen LogP contribution in [0.15, 0.2) is 152 Å². The van der Waals surface area contributed by atoms with Gasteiger partial charge in [-0.25, -0.2) is 0 Å². The van der Waals surface area contributed by atoms with E-state index in [0.29, 0.717) is 17.5 Å². The number of aromatic nitrogens is 3. The number of rotatable bonds is 4. The molecule has 210 valence electrons. The number of hydrogen-bond acceptors (Lipinski definition) is 3. The molecule has 0 amide bonds. The minimum absolute atomic E-state index is 0.155. The van der Waals surface area contributed by atoms with Crippen molar-refractivity contribution >= 4 is 55.3 Å². The molecule has 2 aromatic heterocycles. The van der Waals surface area contributed by atoms with Crippen LogP contribution in [0.2, 0.25) is 0 Å². The van der Waals surface area contributed by atoms with E-state index in [1.54, 1.807) is 0 Å². The molecule has 45 heavy (non-hydrogen) atoms. The summed E-state index contributed by atoms with van der Waals surface area (Å²) in [6, 6.07) is 53.5. The van der Waals surface area contributed by atoms with Crippen LogP contribution >= 0.6 is 0 Å². The summed E-state index contributed by atoms with van der Waals surface area (Å²) in [4.78, 5) is 15.5. The first-order valence-corrected chi connectivity index (χ1v) is 16.8.